The first-order valence-electron chi connectivity index (χ1n) is 11.7. The number of aryl methyl sites for hydroxylation is 1. The van der Waals surface area contributed by atoms with E-state index in [2.05, 4.69) is 31.2 Å². The van der Waals surface area contributed by atoms with Crippen LogP contribution in [0.25, 0.3) is 0 Å². The third kappa shape index (κ3) is 8.02. The molecule has 2 amide bonds. The van der Waals surface area contributed by atoms with Gasteiger partial charge in [-0.25, -0.2) is 4.98 Å². The minimum atomic E-state index is -0.619. The Morgan fingerprint density at radius 1 is 1.03 bits per heavy atom. The van der Waals surface area contributed by atoms with Gasteiger partial charge in [-0.2, -0.15) is 4.98 Å². The van der Waals surface area contributed by atoms with Crippen molar-refractivity contribution in [3.05, 3.63) is 47.2 Å². The van der Waals surface area contributed by atoms with Crippen LogP contribution >= 0.6 is 0 Å². The molecular formula is C24H35N7O2. The Morgan fingerprint density at radius 2 is 1.73 bits per heavy atom. The molecule has 0 unspecified atom stereocenters. The average Bonchev–Trinajstić information content (AvgIpc) is 2.82. The Kier molecular flexibility index (Phi) is 9.44. The zero-order valence-electron chi connectivity index (χ0n) is 19.3. The molecule has 1 aliphatic heterocycles. The lowest BCUT2D eigenvalue weighted by Gasteiger charge is -2.15. The highest BCUT2D eigenvalue weighted by molar-refractivity contribution is 5.98. The van der Waals surface area contributed by atoms with Crippen LogP contribution in [0.1, 0.15) is 60.0 Å². The molecule has 2 aromatic rings. The van der Waals surface area contributed by atoms with Gasteiger partial charge in [-0.1, -0.05) is 49.1 Å². The lowest BCUT2D eigenvalue weighted by Crippen LogP contribution is -2.42. The number of aromatic nitrogens is 2. The molecule has 0 aliphatic carbocycles. The molecule has 33 heavy (non-hydrogen) atoms. The summed E-state index contributed by atoms with van der Waals surface area (Å²) in [6.45, 7) is 4.25. The summed E-state index contributed by atoms with van der Waals surface area (Å²) in [4.78, 5) is 33.9. The molecule has 0 spiro atoms. The molecule has 9 heteroatoms. The lowest BCUT2D eigenvalue weighted by atomic mass is 10.1. The Labute approximate surface area is 195 Å². The molecule has 0 saturated heterocycles. The van der Waals surface area contributed by atoms with E-state index in [0.29, 0.717) is 43.4 Å². The Balaban J connectivity index is 1.69. The van der Waals surface area contributed by atoms with Crippen LogP contribution in [-0.4, -0.2) is 47.5 Å². The summed E-state index contributed by atoms with van der Waals surface area (Å²) >= 11 is 0. The average molecular weight is 454 g/mol. The fraction of sp³-hybridized carbons (Fsp3) is 0.500. The summed E-state index contributed by atoms with van der Waals surface area (Å²) in [7, 11) is 0. The highest BCUT2D eigenvalue weighted by atomic mass is 16.2. The second-order valence-corrected chi connectivity index (χ2v) is 8.43. The van der Waals surface area contributed by atoms with E-state index in [1.54, 1.807) is 0 Å². The van der Waals surface area contributed by atoms with Crippen molar-refractivity contribution in [3.63, 3.8) is 0 Å². The second kappa shape index (κ2) is 12.7. The number of hydrogen-bond acceptors (Lipinski definition) is 7. The van der Waals surface area contributed by atoms with E-state index in [-0.39, 0.29) is 11.8 Å². The van der Waals surface area contributed by atoms with Gasteiger partial charge in [0, 0.05) is 32.4 Å². The summed E-state index contributed by atoms with van der Waals surface area (Å²) in [6.07, 6.45) is 7.18. The number of nitrogens with one attached hydrogen (secondary N) is 4. The van der Waals surface area contributed by atoms with Gasteiger partial charge >= 0.3 is 0 Å². The number of rotatable bonds is 3. The number of nitrogens with zero attached hydrogens (tertiary/aromatic N) is 2. The van der Waals surface area contributed by atoms with Gasteiger partial charge in [0.15, 0.2) is 0 Å². The van der Waals surface area contributed by atoms with E-state index in [1.165, 1.54) is 11.8 Å². The molecule has 1 aromatic carbocycles. The summed E-state index contributed by atoms with van der Waals surface area (Å²) in [5.41, 5.74) is 8.56. The van der Waals surface area contributed by atoms with E-state index in [0.717, 1.165) is 44.2 Å². The van der Waals surface area contributed by atoms with E-state index in [4.69, 9.17) is 5.73 Å². The summed E-state index contributed by atoms with van der Waals surface area (Å²) in [5, 5.41) is 12.2. The molecule has 178 valence electrons. The van der Waals surface area contributed by atoms with Crippen molar-refractivity contribution in [2.75, 3.05) is 30.3 Å². The molecule has 0 saturated carbocycles. The van der Waals surface area contributed by atoms with Crippen molar-refractivity contribution in [1.82, 2.24) is 20.6 Å². The minimum absolute atomic E-state index is 0.151. The number of carbonyl (C=O) groups excluding carboxylic acids is 2. The van der Waals surface area contributed by atoms with Crippen LogP contribution in [0, 0.1) is 6.92 Å². The first-order chi connectivity index (χ1) is 16.0. The molecule has 6 N–H and O–H groups in total. The second-order valence-electron chi connectivity index (χ2n) is 8.43. The van der Waals surface area contributed by atoms with E-state index >= 15 is 0 Å². The predicted molar refractivity (Wildman–Crippen MR) is 130 cm³/mol. The normalized spacial score (nSPS) is 18.2. The van der Waals surface area contributed by atoms with Crippen LogP contribution in [-0.2, 0) is 11.3 Å². The van der Waals surface area contributed by atoms with Gasteiger partial charge in [0.25, 0.3) is 5.91 Å². The van der Waals surface area contributed by atoms with Gasteiger partial charge in [-0.3, -0.25) is 9.59 Å². The molecule has 1 aromatic heterocycles. The number of fused-ring (bicyclic) bond motifs is 2. The van der Waals surface area contributed by atoms with Gasteiger partial charge in [-0.05, 0) is 31.7 Å². The molecular weight excluding hydrogens is 418 g/mol. The van der Waals surface area contributed by atoms with Crippen LogP contribution in [0.15, 0.2) is 30.5 Å². The van der Waals surface area contributed by atoms with Crippen molar-refractivity contribution in [3.8, 4) is 0 Å². The maximum absolute atomic E-state index is 12.9. The van der Waals surface area contributed by atoms with Crippen LogP contribution in [0.4, 0.5) is 11.8 Å². The zero-order chi connectivity index (χ0) is 23.5. The molecule has 0 radical (unpaired) electrons. The molecule has 1 atom stereocenters. The van der Waals surface area contributed by atoms with E-state index in [9.17, 15) is 9.59 Å². The third-order valence-electron chi connectivity index (χ3n) is 5.63. The monoisotopic (exact) mass is 453 g/mol. The van der Waals surface area contributed by atoms with Gasteiger partial charge in [-0.15, -0.1) is 0 Å². The fourth-order valence-corrected chi connectivity index (χ4v) is 3.55. The van der Waals surface area contributed by atoms with Crippen molar-refractivity contribution >= 4 is 23.6 Å². The number of amides is 2. The van der Waals surface area contributed by atoms with Crippen LogP contribution in [0.3, 0.4) is 0 Å². The maximum Gasteiger partial charge on any atom is 0.256 e. The number of hydrogen-bond donors (Lipinski definition) is 5. The first kappa shape index (κ1) is 24.4. The van der Waals surface area contributed by atoms with Crippen molar-refractivity contribution < 1.29 is 9.59 Å². The SMILES string of the molecule is Cc1ccc(CNC(=O)c2cnc3nc2NCC[C@H](N)C(=O)NCCCCCCCN3)cc1. The molecule has 2 heterocycles. The first-order valence-corrected chi connectivity index (χ1v) is 11.7. The molecule has 0 fully saturated rings. The molecule has 9 nitrogen and oxygen atoms in total. The number of anilines is 2. The fourth-order valence-electron chi connectivity index (χ4n) is 3.55. The van der Waals surface area contributed by atoms with Crippen molar-refractivity contribution in [2.24, 2.45) is 5.73 Å². The Morgan fingerprint density at radius 3 is 2.48 bits per heavy atom. The maximum atomic E-state index is 12.9. The van der Waals surface area contributed by atoms with Gasteiger partial charge in [0.2, 0.25) is 11.9 Å². The van der Waals surface area contributed by atoms with Crippen LogP contribution in [0.5, 0.6) is 0 Å². The molecule has 1 aliphatic rings. The summed E-state index contributed by atoms with van der Waals surface area (Å²) in [6, 6.07) is 7.38. The quantitative estimate of drug-likeness (QED) is 0.481. The van der Waals surface area contributed by atoms with Crippen LogP contribution < -0.4 is 27.0 Å². The summed E-state index contributed by atoms with van der Waals surface area (Å²) in [5.74, 6) is 0.476. The van der Waals surface area contributed by atoms with Crippen molar-refractivity contribution in [1.29, 1.82) is 0 Å². The predicted octanol–water partition coefficient (Wildman–Crippen LogP) is 2.34. The molecule has 3 rings (SSSR count). The minimum Gasteiger partial charge on any atom is -0.369 e. The standard InChI is InChI=1S/C24H35N7O2/c1-17-7-9-18(10-8-17)15-29-22(32)19-16-30-24-28-13-6-4-2-3-5-12-27-23(33)20(25)11-14-26-21(19)31-24/h7-10,16,20H,2-6,11-15,25H2,1H3,(H,27,33)(H,29,32)(H2,26,28,30,31)/t20-/m0/s1. The number of carbonyl (C=O) groups is 2. The van der Waals surface area contributed by atoms with E-state index in [1.807, 2.05) is 31.2 Å². The Bertz CT molecular complexity index is 918. The summed E-state index contributed by atoms with van der Waals surface area (Å²) < 4.78 is 0. The lowest BCUT2D eigenvalue weighted by molar-refractivity contribution is -0.122. The topological polar surface area (TPSA) is 134 Å². The number of benzene rings is 1. The third-order valence-corrected chi connectivity index (χ3v) is 5.63. The number of nitrogens with two attached hydrogens (primary N) is 1. The largest absolute Gasteiger partial charge is 0.369 e. The van der Waals surface area contributed by atoms with Gasteiger partial charge in [0.1, 0.15) is 11.4 Å². The smallest absolute Gasteiger partial charge is 0.256 e. The van der Waals surface area contributed by atoms with Gasteiger partial charge in [0.05, 0.1) is 6.04 Å². The highest BCUT2D eigenvalue weighted by Crippen LogP contribution is 2.15. The van der Waals surface area contributed by atoms with E-state index < -0.39 is 6.04 Å². The highest BCUT2D eigenvalue weighted by Gasteiger charge is 2.17. The van der Waals surface area contributed by atoms with Crippen LogP contribution in [0.2, 0.25) is 0 Å². The molecule has 2 bridgehead atoms. The van der Waals surface area contributed by atoms with Crippen molar-refractivity contribution in [2.45, 2.75) is 58.0 Å². The Hall–Kier alpha value is -3.20. The van der Waals surface area contributed by atoms with Gasteiger partial charge < -0.3 is 27.0 Å². The zero-order valence-corrected chi connectivity index (χ0v) is 19.3.